The van der Waals surface area contributed by atoms with Crippen molar-refractivity contribution in [1.29, 1.82) is 0 Å². The molecule has 1 heterocycles. The third kappa shape index (κ3) is 5.18. The first kappa shape index (κ1) is 22.7. The van der Waals surface area contributed by atoms with E-state index in [0.29, 0.717) is 35.2 Å². The summed E-state index contributed by atoms with van der Waals surface area (Å²) in [6.45, 7) is 4.73. The molecular weight excluding hydrogens is 396 g/mol. The summed E-state index contributed by atoms with van der Waals surface area (Å²) >= 11 is 0. The third-order valence-corrected chi connectivity index (χ3v) is 5.10. The predicted octanol–water partition coefficient (Wildman–Crippen LogP) is 2.96. The van der Waals surface area contributed by atoms with Crippen LogP contribution in [0.4, 0.5) is 0 Å². The second-order valence-electron chi connectivity index (χ2n) is 7.74. The van der Waals surface area contributed by atoms with Crippen molar-refractivity contribution in [1.82, 2.24) is 9.88 Å². The van der Waals surface area contributed by atoms with E-state index < -0.39 is 6.10 Å². The van der Waals surface area contributed by atoms with Gasteiger partial charge in [0.05, 0.1) is 25.3 Å². The van der Waals surface area contributed by atoms with Gasteiger partial charge in [-0.2, -0.15) is 0 Å². The molecule has 1 aromatic heterocycles. The highest BCUT2D eigenvalue weighted by atomic mass is 16.5. The van der Waals surface area contributed by atoms with Crippen LogP contribution in [0.5, 0.6) is 17.2 Å². The van der Waals surface area contributed by atoms with E-state index in [4.69, 9.17) is 14.2 Å². The molecular formula is C24H30N2O5. The molecule has 2 aromatic carbocycles. The molecule has 3 aromatic rings. The van der Waals surface area contributed by atoms with Crippen LogP contribution >= 0.6 is 0 Å². The molecule has 0 aliphatic carbocycles. The topological polar surface area (TPSA) is 82.0 Å². The molecule has 0 spiro atoms. The normalized spacial score (nSPS) is 12.2. The number of hydrogen-bond donors (Lipinski definition) is 2. The second kappa shape index (κ2) is 9.85. The van der Waals surface area contributed by atoms with Gasteiger partial charge in [-0.05, 0) is 53.4 Å². The number of aliphatic hydroxyl groups is 1. The number of aromatic nitrogens is 1. The highest BCUT2D eigenvalue weighted by Gasteiger charge is 2.13. The minimum absolute atomic E-state index is 0.116. The molecule has 0 saturated heterocycles. The zero-order chi connectivity index (χ0) is 22.5. The molecule has 0 bridgehead atoms. The van der Waals surface area contributed by atoms with Gasteiger partial charge < -0.3 is 29.2 Å². The fourth-order valence-electron chi connectivity index (χ4n) is 3.36. The van der Waals surface area contributed by atoms with Crippen LogP contribution in [0.15, 0.2) is 47.3 Å². The maximum absolute atomic E-state index is 13.0. The fraction of sp³-hybridized carbons (Fsp3) is 0.375. The minimum atomic E-state index is -0.588. The van der Waals surface area contributed by atoms with Gasteiger partial charge in [0.15, 0.2) is 11.5 Å². The van der Waals surface area contributed by atoms with Crippen LogP contribution in [0, 0.1) is 0 Å². The molecule has 31 heavy (non-hydrogen) atoms. The average molecular weight is 427 g/mol. The lowest BCUT2D eigenvalue weighted by Crippen LogP contribution is -2.35. The molecule has 0 aliphatic rings. The molecule has 1 unspecified atom stereocenters. The monoisotopic (exact) mass is 426 g/mol. The molecule has 3 rings (SSSR count). The smallest absolute Gasteiger partial charge is 0.258 e. The van der Waals surface area contributed by atoms with Crippen molar-refractivity contribution in [2.24, 2.45) is 7.05 Å². The Morgan fingerprint density at radius 3 is 2.29 bits per heavy atom. The Morgan fingerprint density at radius 1 is 1.03 bits per heavy atom. The molecule has 0 aliphatic heterocycles. The first-order valence-corrected chi connectivity index (χ1v) is 10.2. The van der Waals surface area contributed by atoms with Crippen LogP contribution in [-0.2, 0) is 7.05 Å². The van der Waals surface area contributed by atoms with Gasteiger partial charge in [0.2, 0.25) is 0 Å². The van der Waals surface area contributed by atoms with Gasteiger partial charge in [0.25, 0.3) is 5.56 Å². The predicted molar refractivity (Wildman–Crippen MR) is 122 cm³/mol. The molecule has 0 amide bonds. The number of pyridine rings is 1. The van der Waals surface area contributed by atoms with E-state index >= 15 is 0 Å². The van der Waals surface area contributed by atoms with Gasteiger partial charge in [-0.3, -0.25) is 4.79 Å². The maximum atomic E-state index is 13.0. The Labute approximate surface area is 182 Å². The van der Waals surface area contributed by atoms with Crippen molar-refractivity contribution in [3.8, 4) is 28.5 Å². The molecule has 0 radical (unpaired) electrons. The number of nitrogens with zero attached hydrogens (tertiary/aromatic N) is 1. The summed E-state index contributed by atoms with van der Waals surface area (Å²) in [4.78, 5) is 13.0. The molecule has 7 nitrogen and oxygen atoms in total. The molecule has 7 heteroatoms. The lowest BCUT2D eigenvalue weighted by Gasteiger charge is -2.16. The Kier molecular flexibility index (Phi) is 7.20. The van der Waals surface area contributed by atoms with E-state index in [1.165, 1.54) is 0 Å². The van der Waals surface area contributed by atoms with Gasteiger partial charge in [0.1, 0.15) is 18.5 Å². The van der Waals surface area contributed by atoms with E-state index in [0.717, 1.165) is 16.6 Å². The summed E-state index contributed by atoms with van der Waals surface area (Å²) in [5, 5.41) is 14.5. The van der Waals surface area contributed by atoms with Gasteiger partial charge in [-0.1, -0.05) is 13.8 Å². The van der Waals surface area contributed by atoms with E-state index in [1.54, 1.807) is 31.9 Å². The first-order chi connectivity index (χ1) is 14.8. The number of nitrogens with one attached hydrogen (secondary N) is 1. The van der Waals surface area contributed by atoms with Gasteiger partial charge in [-0.25, -0.2) is 0 Å². The molecule has 2 N–H and O–H groups in total. The highest BCUT2D eigenvalue weighted by molar-refractivity contribution is 5.88. The molecule has 0 saturated carbocycles. The number of methoxy groups -OCH3 is 2. The number of rotatable bonds is 9. The SMILES string of the molecule is COc1cc2cc(-c3ccc(OCC(O)CNC(C)C)cc3)n(C)c(=O)c2cc1OC. The Morgan fingerprint density at radius 2 is 1.68 bits per heavy atom. The summed E-state index contributed by atoms with van der Waals surface area (Å²) in [5.41, 5.74) is 1.54. The van der Waals surface area contributed by atoms with Crippen LogP contribution in [0.3, 0.4) is 0 Å². The number of aliphatic hydroxyl groups excluding tert-OH is 1. The Bertz CT molecular complexity index is 1090. The van der Waals surface area contributed by atoms with Crippen LogP contribution in [-0.4, -0.2) is 49.2 Å². The summed E-state index contributed by atoms with van der Waals surface area (Å²) in [5.74, 6) is 1.75. The van der Waals surface area contributed by atoms with Crippen molar-refractivity contribution in [2.75, 3.05) is 27.4 Å². The van der Waals surface area contributed by atoms with E-state index in [2.05, 4.69) is 5.32 Å². The van der Waals surface area contributed by atoms with Gasteiger partial charge in [0, 0.05) is 19.6 Å². The Hall–Kier alpha value is -3.03. The number of hydrogen-bond acceptors (Lipinski definition) is 6. The molecule has 0 fully saturated rings. The summed E-state index contributed by atoms with van der Waals surface area (Å²) < 4.78 is 18.0. The number of ether oxygens (including phenoxy) is 3. The van der Waals surface area contributed by atoms with E-state index in [9.17, 15) is 9.90 Å². The van der Waals surface area contributed by atoms with Crippen molar-refractivity contribution < 1.29 is 19.3 Å². The maximum Gasteiger partial charge on any atom is 0.258 e. The fourth-order valence-corrected chi connectivity index (χ4v) is 3.36. The van der Waals surface area contributed by atoms with E-state index in [-0.39, 0.29) is 12.2 Å². The first-order valence-electron chi connectivity index (χ1n) is 10.2. The summed E-state index contributed by atoms with van der Waals surface area (Å²) in [6.07, 6.45) is -0.588. The molecule has 1 atom stereocenters. The zero-order valence-corrected chi connectivity index (χ0v) is 18.6. The van der Waals surface area contributed by atoms with E-state index in [1.807, 2.05) is 50.2 Å². The van der Waals surface area contributed by atoms with Crippen molar-refractivity contribution in [2.45, 2.75) is 26.0 Å². The second-order valence-corrected chi connectivity index (χ2v) is 7.74. The number of fused-ring (bicyclic) bond motifs is 1. The van der Waals surface area contributed by atoms with Crippen molar-refractivity contribution in [3.05, 3.63) is 52.8 Å². The standard InChI is InChI=1S/C24H30N2O5/c1-15(2)25-13-18(27)14-31-19-8-6-16(7-9-19)21-10-17-11-22(29-4)23(30-5)12-20(17)24(28)26(21)3/h6-12,15,18,25,27H,13-14H2,1-5H3. The summed E-state index contributed by atoms with van der Waals surface area (Å²) in [6, 6.07) is 13.2. The summed E-state index contributed by atoms with van der Waals surface area (Å²) in [7, 11) is 4.86. The average Bonchev–Trinajstić information content (AvgIpc) is 2.78. The number of benzene rings is 2. The van der Waals surface area contributed by atoms with Gasteiger partial charge in [-0.15, -0.1) is 0 Å². The van der Waals surface area contributed by atoms with Crippen LogP contribution in [0.1, 0.15) is 13.8 Å². The van der Waals surface area contributed by atoms with Crippen LogP contribution in [0.2, 0.25) is 0 Å². The van der Waals surface area contributed by atoms with Crippen LogP contribution in [0.25, 0.3) is 22.0 Å². The third-order valence-electron chi connectivity index (χ3n) is 5.10. The minimum Gasteiger partial charge on any atom is -0.493 e. The molecule has 166 valence electrons. The van der Waals surface area contributed by atoms with Crippen molar-refractivity contribution >= 4 is 10.8 Å². The quantitative estimate of drug-likeness (QED) is 0.548. The zero-order valence-electron chi connectivity index (χ0n) is 18.6. The Balaban J connectivity index is 1.84. The largest absolute Gasteiger partial charge is 0.493 e. The van der Waals surface area contributed by atoms with Crippen molar-refractivity contribution in [3.63, 3.8) is 0 Å². The van der Waals surface area contributed by atoms with Gasteiger partial charge >= 0.3 is 0 Å². The lowest BCUT2D eigenvalue weighted by atomic mass is 10.1. The van der Waals surface area contributed by atoms with Crippen LogP contribution < -0.4 is 25.1 Å². The lowest BCUT2D eigenvalue weighted by molar-refractivity contribution is 0.104. The highest BCUT2D eigenvalue weighted by Crippen LogP contribution is 2.32.